The van der Waals surface area contributed by atoms with Gasteiger partial charge in [-0.25, -0.2) is 13.4 Å². The number of rotatable bonds is 1. The van der Waals surface area contributed by atoms with Crippen molar-refractivity contribution >= 4 is 36.8 Å². The van der Waals surface area contributed by atoms with Gasteiger partial charge < -0.3 is 0 Å². The molecule has 3 aromatic carbocycles. The van der Waals surface area contributed by atoms with Crippen molar-refractivity contribution < 1.29 is 8.42 Å². The van der Waals surface area contributed by atoms with E-state index in [2.05, 4.69) is 15.9 Å². The number of fused-ring (bicyclic) bond motifs is 2. The fraction of sp³-hybridized carbons (Fsp3) is 0. The zero-order valence-electron chi connectivity index (χ0n) is 12.8. The second-order valence-electron chi connectivity index (χ2n) is 5.87. The van der Waals surface area contributed by atoms with Crippen LogP contribution in [0.2, 0.25) is 0 Å². The Morgan fingerprint density at radius 3 is 2.36 bits per heavy atom. The molecule has 0 saturated carbocycles. The Labute approximate surface area is 152 Å². The van der Waals surface area contributed by atoms with Crippen molar-refractivity contribution in [3.8, 4) is 17.1 Å². The first-order valence-corrected chi connectivity index (χ1v) is 9.97. The standard InChI is InChI=1S/C19H11BrN2O2S/c20-13-10-8-12(9-11-13)19-21-14-4-3-7-17-18(14)22(19)15-5-1-2-6-16(15)25(17,23)24/h1-11H. The Kier molecular flexibility index (Phi) is 2.99. The molecule has 122 valence electrons. The summed E-state index contributed by atoms with van der Waals surface area (Å²) in [5.41, 5.74) is 2.88. The predicted molar refractivity (Wildman–Crippen MR) is 99.7 cm³/mol. The van der Waals surface area contributed by atoms with Gasteiger partial charge in [-0.1, -0.05) is 46.3 Å². The molecule has 1 aromatic heterocycles. The highest BCUT2D eigenvalue weighted by Gasteiger charge is 2.33. The summed E-state index contributed by atoms with van der Waals surface area (Å²) in [5, 5.41) is 0. The molecule has 6 heteroatoms. The lowest BCUT2D eigenvalue weighted by molar-refractivity contribution is 0.594. The summed E-state index contributed by atoms with van der Waals surface area (Å²) in [6, 6.07) is 20.2. The van der Waals surface area contributed by atoms with E-state index in [1.165, 1.54) is 0 Å². The van der Waals surface area contributed by atoms with Gasteiger partial charge in [0.25, 0.3) is 0 Å². The summed E-state index contributed by atoms with van der Waals surface area (Å²) in [6.45, 7) is 0. The predicted octanol–water partition coefficient (Wildman–Crippen LogP) is 4.60. The van der Waals surface area contributed by atoms with Crippen LogP contribution in [0.4, 0.5) is 0 Å². The average molecular weight is 411 g/mol. The molecule has 1 aliphatic rings. The third-order valence-electron chi connectivity index (χ3n) is 4.43. The number of aromatic nitrogens is 2. The van der Waals surface area contributed by atoms with Gasteiger partial charge in [0.05, 0.1) is 26.5 Å². The lowest BCUT2D eigenvalue weighted by atomic mass is 10.2. The number of para-hydroxylation sites is 2. The molecule has 0 aliphatic carbocycles. The maximum Gasteiger partial charge on any atom is 0.210 e. The van der Waals surface area contributed by atoms with Crippen molar-refractivity contribution in [1.29, 1.82) is 0 Å². The van der Waals surface area contributed by atoms with E-state index in [0.29, 0.717) is 26.5 Å². The zero-order valence-corrected chi connectivity index (χ0v) is 15.3. The second-order valence-corrected chi connectivity index (χ2v) is 8.67. The van der Waals surface area contributed by atoms with Gasteiger partial charge in [-0.05, 0) is 36.4 Å². The molecular formula is C19H11BrN2O2S. The molecule has 0 fully saturated rings. The first kappa shape index (κ1) is 14.9. The molecule has 4 nitrogen and oxygen atoms in total. The largest absolute Gasteiger partial charge is 0.290 e. The highest BCUT2D eigenvalue weighted by atomic mass is 79.9. The number of benzene rings is 3. The maximum absolute atomic E-state index is 13.0. The number of hydrogen-bond acceptors (Lipinski definition) is 3. The first-order chi connectivity index (χ1) is 12.1. The van der Waals surface area contributed by atoms with Crippen molar-refractivity contribution in [2.75, 3.05) is 0 Å². The van der Waals surface area contributed by atoms with Gasteiger partial charge in [-0.2, -0.15) is 0 Å². The van der Waals surface area contributed by atoms with Gasteiger partial charge in [0, 0.05) is 10.0 Å². The quantitative estimate of drug-likeness (QED) is 0.405. The summed E-state index contributed by atoms with van der Waals surface area (Å²) in [4.78, 5) is 5.35. The van der Waals surface area contributed by atoms with Crippen LogP contribution in [0, 0.1) is 0 Å². The fourth-order valence-corrected chi connectivity index (χ4v) is 5.23. The highest BCUT2D eigenvalue weighted by molar-refractivity contribution is 9.10. The average Bonchev–Trinajstić information content (AvgIpc) is 3.01. The van der Waals surface area contributed by atoms with Crippen molar-refractivity contribution in [2.24, 2.45) is 0 Å². The van der Waals surface area contributed by atoms with Crippen LogP contribution in [0.15, 0.2) is 81.0 Å². The third kappa shape index (κ3) is 1.98. The fourth-order valence-electron chi connectivity index (χ4n) is 3.33. The van der Waals surface area contributed by atoms with E-state index in [-0.39, 0.29) is 0 Å². The van der Waals surface area contributed by atoms with Crippen LogP contribution in [0.1, 0.15) is 0 Å². The van der Waals surface area contributed by atoms with Gasteiger partial charge >= 0.3 is 0 Å². The van der Waals surface area contributed by atoms with E-state index in [4.69, 9.17) is 4.98 Å². The molecule has 1 aliphatic heterocycles. The van der Waals surface area contributed by atoms with Gasteiger partial charge in [-0.3, -0.25) is 4.57 Å². The highest BCUT2D eigenvalue weighted by Crippen LogP contribution is 2.41. The van der Waals surface area contributed by atoms with Crippen molar-refractivity contribution in [3.05, 3.63) is 71.2 Å². The first-order valence-electron chi connectivity index (χ1n) is 7.69. The molecule has 4 aromatic rings. The Morgan fingerprint density at radius 1 is 0.840 bits per heavy atom. The minimum absolute atomic E-state index is 0.305. The summed E-state index contributed by atoms with van der Waals surface area (Å²) in [6.07, 6.45) is 0. The number of nitrogens with zero attached hydrogens (tertiary/aromatic N) is 2. The minimum atomic E-state index is -3.55. The Balaban J connectivity index is 1.99. The molecule has 0 radical (unpaired) electrons. The topological polar surface area (TPSA) is 52.0 Å². The number of halogens is 1. The lowest BCUT2D eigenvalue weighted by Crippen LogP contribution is -2.14. The molecule has 0 atom stereocenters. The smallest absolute Gasteiger partial charge is 0.210 e. The summed E-state index contributed by atoms with van der Waals surface area (Å²) < 4.78 is 29.0. The van der Waals surface area contributed by atoms with E-state index in [9.17, 15) is 8.42 Å². The Morgan fingerprint density at radius 2 is 1.56 bits per heavy atom. The molecule has 2 heterocycles. The van der Waals surface area contributed by atoms with Crippen LogP contribution >= 0.6 is 15.9 Å². The molecule has 0 saturated heterocycles. The number of hydrogen-bond donors (Lipinski definition) is 0. The maximum atomic E-state index is 13.0. The minimum Gasteiger partial charge on any atom is -0.290 e. The van der Waals surface area contributed by atoms with Crippen LogP contribution in [-0.4, -0.2) is 18.0 Å². The monoisotopic (exact) mass is 410 g/mol. The van der Waals surface area contributed by atoms with Gasteiger partial charge in [0.1, 0.15) is 5.82 Å². The second kappa shape index (κ2) is 5.03. The Bertz CT molecular complexity index is 1260. The Hall–Kier alpha value is -2.44. The SMILES string of the molecule is O=S1(=O)c2ccccc2-n2c(-c3ccc(Br)cc3)nc3cccc1c32. The summed E-state index contributed by atoms with van der Waals surface area (Å²) >= 11 is 3.45. The lowest BCUT2D eigenvalue weighted by Gasteiger charge is -2.20. The molecule has 0 amide bonds. The molecule has 0 bridgehead atoms. The van der Waals surface area contributed by atoms with Crippen LogP contribution in [-0.2, 0) is 9.84 Å². The van der Waals surface area contributed by atoms with Gasteiger partial charge in [0.15, 0.2) is 0 Å². The van der Waals surface area contributed by atoms with Gasteiger partial charge in [0.2, 0.25) is 9.84 Å². The van der Waals surface area contributed by atoms with Crippen LogP contribution in [0.3, 0.4) is 0 Å². The van der Waals surface area contributed by atoms with Crippen LogP contribution in [0.25, 0.3) is 28.1 Å². The number of imidazole rings is 1. The van der Waals surface area contributed by atoms with Crippen molar-refractivity contribution in [1.82, 2.24) is 9.55 Å². The van der Waals surface area contributed by atoms with E-state index in [0.717, 1.165) is 15.9 Å². The summed E-state index contributed by atoms with van der Waals surface area (Å²) in [5.74, 6) is 0.734. The van der Waals surface area contributed by atoms with E-state index >= 15 is 0 Å². The normalized spacial score (nSPS) is 14.4. The van der Waals surface area contributed by atoms with Crippen LogP contribution < -0.4 is 0 Å². The molecular weight excluding hydrogens is 400 g/mol. The van der Waals surface area contributed by atoms with Crippen molar-refractivity contribution in [3.63, 3.8) is 0 Å². The molecule has 5 rings (SSSR count). The summed E-state index contributed by atoms with van der Waals surface area (Å²) in [7, 11) is -3.55. The zero-order chi connectivity index (χ0) is 17.2. The van der Waals surface area contributed by atoms with E-state index in [1.54, 1.807) is 24.3 Å². The van der Waals surface area contributed by atoms with Crippen LogP contribution in [0.5, 0.6) is 0 Å². The molecule has 0 spiro atoms. The van der Waals surface area contributed by atoms with Gasteiger partial charge in [-0.15, -0.1) is 0 Å². The molecule has 0 unspecified atom stereocenters. The van der Waals surface area contributed by atoms with E-state index < -0.39 is 9.84 Å². The molecule has 0 N–H and O–H groups in total. The molecule has 25 heavy (non-hydrogen) atoms. The number of sulfone groups is 1. The van der Waals surface area contributed by atoms with Crippen molar-refractivity contribution in [2.45, 2.75) is 9.79 Å². The third-order valence-corrected chi connectivity index (χ3v) is 6.79. The van der Waals surface area contributed by atoms with E-state index in [1.807, 2.05) is 47.0 Å².